The average Bonchev–Trinajstić information content (AvgIpc) is 3.39. The Labute approximate surface area is 176 Å². The highest BCUT2D eigenvalue weighted by Gasteiger charge is 2.43. The maximum absolute atomic E-state index is 12.9. The van der Waals surface area contributed by atoms with Crippen LogP contribution in [0, 0.1) is 18.8 Å². The predicted octanol–water partition coefficient (Wildman–Crippen LogP) is 3.80. The van der Waals surface area contributed by atoms with Crippen LogP contribution in [0.5, 0.6) is 0 Å². The third kappa shape index (κ3) is 4.43. The van der Waals surface area contributed by atoms with E-state index in [0.717, 1.165) is 23.6 Å². The minimum atomic E-state index is -4.36. The maximum atomic E-state index is 12.9. The number of halogens is 3. The maximum Gasteiger partial charge on any atom is 0.416 e. The van der Waals surface area contributed by atoms with E-state index >= 15 is 0 Å². The van der Waals surface area contributed by atoms with Gasteiger partial charge in [0.05, 0.1) is 18.3 Å². The Morgan fingerprint density at radius 2 is 1.87 bits per heavy atom. The number of likely N-dealkylation sites (tertiary alicyclic amines) is 1. The van der Waals surface area contributed by atoms with Gasteiger partial charge in [0.15, 0.2) is 5.69 Å². The van der Waals surface area contributed by atoms with Crippen molar-refractivity contribution in [2.45, 2.75) is 38.7 Å². The fourth-order valence-corrected chi connectivity index (χ4v) is 4.57. The number of amides is 1. The van der Waals surface area contributed by atoms with Gasteiger partial charge in [0, 0.05) is 19.3 Å². The van der Waals surface area contributed by atoms with Crippen LogP contribution in [0.4, 0.5) is 18.0 Å². The van der Waals surface area contributed by atoms with E-state index in [4.69, 9.17) is 9.84 Å². The number of carbonyl (C=O) groups is 2. The zero-order chi connectivity index (χ0) is 22.3. The summed E-state index contributed by atoms with van der Waals surface area (Å²) in [5.74, 6) is -0.635. The van der Waals surface area contributed by atoms with E-state index in [0.29, 0.717) is 18.7 Å². The van der Waals surface area contributed by atoms with E-state index < -0.39 is 17.7 Å². The van der Waals surface area contributed by atoms with E-state index in [9.17, 15) is 22.8 Å². The van der Waals surface area contributed by atoms with Crippen LogP contribution in [0.25, 0.3) is 0 Å². The molecule has 4 rings (SSSR count). The molecule has 1 aromatic carbocycles. The molecule has 2 heterocycles. The summed E-state index contributed by atoms with van der Waals surface area (Å²) in [6.45, 7) is 2.78. The zero-order valence-electron chi connectivity index (χ0n) is 16.8. The van der Waals surface area contributed by atoms with Gasteiger partial charge in [-0.05, 0) is 54.9 Å². The average molecular weight is 437 g/mol. The molecular formula is C21H22F3N3O4. The standard InChI is InChI=1S/C21H22F3N3O4/c1-12-6-13(2-3-17(12)21(22,23)24)11-31-16-7-14-9-26(10-15(14)8-16)20(30)27-5-4-18(25-27)19(28)29/h2-6,14-16H,7-11H2,1H3,(H,28,29). The molecule has 10 heteroatoms. The summed E-state index contributed by atoms with van der Waals surface area (Å²) in [7, 11) is 0. The molecule has 1 N–H and O–H groups in total. The third-order valence-corrected chi connectivity index (χ3v) is 6.06. The summed E-state index contributed by atoms with van der Waals surface area (Å²) in [5.41, 5.74) is 0.0618. The number of nitrogens with zero attached hydrogens (tertiary/aromatic N) is 3. The molecule has 0 spiro atoms. The number of alkyl halides is 3. The molecule has 2 atom stereocenters. The van der Waals surface area contributed by atoms with Crippen molar-refractivity contribution in [2.24, 2.45) is 11.8 Å². The number of aromatic carboxylic acids is 1. The SMILES string of the molecule is Cc1cc(COC2CC3CN(C(=O)n4ccc(C(=O)O)n4)CC3C2)ccc1C(F)(F)F. The largest absolute Gasteiger partial charge is 0.476 e. The highest BCUT2D eigenvalue weighted by molar-refractivity contribution is 5.86. The topological polar surface area (TPSA) is 84.7 Å². The Morgan fingerprint density at radius 3 is 2.42 bits per heavy atom. The molecule has 2 fully saturated rings. The minimum absolute atomic E-state index is 0.00170. The van der Waals surface area contributed by atoms with Crippen LogP contribution in [-0.4, -0.2) is 51.0 Å². The summed E-state index contributed by atoms with van der Waals surface area (Å²) < 4.78 is 45.7. The normalized spacial score (nSPS) is 23.2. The van der Waals surface area contributed by atoms with Crippen molar-refractivity contribution in [3.05, 3.63) is 52.8 Å². The Hall–Kier alpha value is -2.88. The summed E-state index contributed by atoms with van der Waals surface area (Å²) in [6, 6.07) is 4.98. The second-order valence-corrected chi connectivity index (χ2v) is 8.21. The number of carboxylic acid groups (broad SMARTS) is 1. The highest BCUT2D eigenvalue weighted by atomic mass is 19.4. The molecule has 2 aromatic rings. The Kier molecular flexibility index (Phi) is 5.50. The number of aromatic nitrogens is 2. The quantitative estimate of drug-likeness (QED) is 0.787. The van der Waals surface area contributed by atoms with Crippen molar-refractivity contribution in [3.8, 4) is 0 Å². The molecule has 1 aliphatic carbocycles. The lowest BCUT2D eigenvalue weighted by atomic mass is 10.0. The molecule has 1 amide bonds. The summed E-state index contributed by atoms with van der Waals surface area (Å²) >= 11 is 0. The van der Waals surface area contributed by atoms with Crippen LogP contribution < -0.4 is 0 Å². The number of aryl methyl sites for hydroxylation is 1. The van der Waals surface area contributed by atoms with Crippen molar-refractivity contribution < 1.29 is 32.6 Å². The number of benzene rings is 1. The molecule has 0 radical (unpaired) electrons. The molecule has 7 nitrogen and oxygen atoms in total. The number of carboxylic acids is 1. The van der Waals surface area contributed by atoms with Gasteiger partial charge < -0.3 is 14.7 Å². The summed E-state index contributed by atoms with van der Waals surface area (Å²) in [5, 5.41) is 12.7. The van der Waals surface area contributed by atoms with Gasteiger partial charge in [0.25, 0.3) is 0 Å². The number of hydrogen-bond acceptors (Lipinski definition) is 4. The molecule has 1 saturated carbocycles. The van der Waals surface area contributed by atoms with Crippen molar-refractivity contribution in [1.29, 1.82) is 0 Å². The lowest BCUT2D eigenvalue weighted by molar-refractivity contribution is -0.138. The van der Waals surface area contributed by atoms with E-state index in [1.54, 1.807) is 4.90 Å². The van der Waals surface area contributed by atoms with Crippen LogP contribution in [0.2, 0.25) is 0 Å². The first-order valence-corrected chi connectivity index (χ1v) is 9.98. The monoisotopic (exact) mass is 437 g/mol. The summed E-state index contributed by atoms with van der Waals surface area (Å²) in [4.78, 5) is 25.2. The Morgan fingerprint density at radius 1 is 1.19 bits per heavy atom. The van der Waals surface area contributed by atoms with Crippen molar-refractivity contribution in [3.63, 3.8) is 0 Å². The Bertz CT molecular complexity index is 990. The molecule has 166 valence electrons. The number of fused-ring (bicyclic) bond motifs is 1. The number of ether oxygens (including phenoxy) is 1. The second-order valence-electron chi connectivity index (χ2n) is 8.21. The molecule has 1 aliphatic heterocycles. The zero-order valence-corrected chi connectivity index (χ0v) is 16.8. The third-order valence-electron chi connectivity index (χ3n) is 6.06. The van der Waals surface area contributed by atoms with Gasteiger partial charge in [-0.3, -0.25) is 0 Å². The Balaban J connectivity index is 1.29. The number of hydrogen-bond donors (Lipinski definition) is 1. The fraction of sp³-hybridized carbons (Fsp3) is 0.476. The van der Waals surface area contributed by atoms with Gasteiger partial charge in [0.2, 0.25) is 0 Å². The highest BCUT2D eigenvalue weighted by Crippen LogP contribution is 2.40. The van der Waals surface area contributed by atoms with Crippen LogP contribution in [0.1, 0.15) is 40.0 Å². The van der Waals surface area contributed by atoms with Crippen molar-refractivity contribution in [1.82, 2.24) is 14.7 Å². The van der Waals surface area contributed by atoms with Crippen molar-refractivity contribution >= 4 is 12.0 Å². The second kappa shape index (κ2) is 7.99. The van der Waals surface area contributed by atoms with Gasteiger partial charge in [-0.1, -0.05) is 12.1 Å². The summed E-state index contributed by atoms with van der Waals surface area (Å²) in [6.07, 6.45) is -1.47. The van der Waals surface area contributed by atoms with E-state index in [1.807, 2.05) is 0 Å². The molecular weight excluding hydrogens is 415 g/mol. The lowest BCUT2D eigenvalue weighted by Gasteiger charge is -2.19. The van der Waals surface area contributed by atoms with Gasteiger partial charge in [-0.25, -0.2) is 9.59 Å². The predicted molar refractivity (Wildman–Crippen MR) is 103 cm³/mol. The first kappa shape index (κ1) is 21.4. The van der Waals surface area contributed by atoms with Crippen molar-refractivity contribution in [2.75, 3.05) is 13.1 Å². The molecule has 0 bridgehead atoms. The fourth-order valence-electron chi connectivity index (χ4n) is 4.57. The minimum Gasteiger partial charge on any atom is -0.476 e. The smallest absolute Gasteiger partial charge is 0.416 e. The van der Waals surface area contributed by atoms with Gasteiger partial charge in [0.1, 0.15) is 0 Å². The molecule has 31 heavy (non-hydrogen) atoms. The van der Waals surface area contributed by atoms with Gasteiger partial charge in [-0.15, -0.1) is 0 Å². The van der Waals surface area contributed by atoms with Gasteiger partial charge in [-0.2, -0.15) is 23.0 Å². The van der Waals surface area contributed by atoms with E-state index in [-0.39, 0.29) is 41.8 Å². The molecule has 2 aliphatic rings. The molecule has 1 aromatic heterocycles. The van der Waals surface area contributed by atoms with Crippen LogP contribution in [-0.2, 0) is 17.5 Å². The molecule has 2 unspecified atom stereocenters. The lowest BCUT2D eigenvalue weighted by Crippen LogP contribution is -2.34. The van der Waals surface area contributed by atoms with E-state index in [1.165, 1.54) is 31.3 Å². The van der Waals surface area contributed by atoms with E-state index in [2.05, 4.69) is 5.10 Å². The first-order chi connectivity index (χ1) is 14.6. The number of rotatable bonds is 4. The van der Waals surface area contributed by atoms with Crippen LogP contribution >= 0.6 is 0 Å². The first-order valence-electron chi connectivity index (χ1n) is 9.98. The molecule has 1 saturated heterocycles. The van der Waals surface area contributed by atoms with Gasteiger partial charge >= 0.3 is 18.2 Å². The van der Waals surface area contributed by atoms with Crippen LogP contribution in [0.3, 0.4) is 0 Å². The van der Waals surface area contributed by atoms with Crippen LogP contribution in [0.15, 0.2) is 30.5 Å². The number of carbonyl (C=O) groups excluding carboxylic acids is 1.